The summed E-state index contributed by atoms with van der Waals surface area (Å²) in [4.78, 5) is 25.8. The number of carbonyl (C=O) groups excluding carboxylic acids is 2. The van der Waals surface area contributed by atoms with Gasteiger partial charge in [-0.2, -0.15) is 0 Å². The number of hydrogen-bond donors (Lipinski definition) is 2. The van der Waals surface area contributed by atoms with E-state index in [1.807, 2.05) is 30.3 Å². The Kier molecular flexibility index (Phi) is 6.58. The highest BCUT2D eigenvalue weighted by Gasteiger charge is 2.34. The molecule has 2 aromatic heterocycles. The number of nitrogens with zero attached hydrogens (tertiary/aromatic N) is 2. The van der Waals surface area contributed by atoms with Gasteiger partial charge < -0.3 is 24.9 Å². The Hall–Kier alpha value is -3.52. The summed E-state index contributed by atoms with van der Waals surface area (Å²) in [6.07, 6.45) is 1.67. The summed E-state index contributed by atoms with van der Waals surface area (Å²) in [5.74, 6) is -1.70. The molecule has 0 saturated carbocycles. The molecule has 0 aliphatic heterocycles. The van der Waals surface area contributed by atoms with Crippen LogP contribution in [-0.2, 0) is 22.6 Å². The third kappa shape index (κ3) is 3.95. The zero-order valence-electron chi connectivity index (χ0n) is 17.0. The van der Waals surface area contributed by atoms with Crippen LogP contribution in [0.2, 0.25) is 0 Å². The van der Waals surface area contributed by atoms with Crippen LogP contribution >= 0.6 is 0 Å². The minimum absolute atomic E-state index is 0.0605. The second-order valence-corrected chi connectivity index (χ2v) is 6.48. The largest absolute Gasteiger partial charge is 0.493 e. The summed E-state index contributed by atoms with van der Waals surface area (Å²) in [7, 11) is 0. The van der Waals surface area contributed by atoms with Gasteiger partial charge in [-0.05, 0) is 31.5 Å². The van der Waals surface area contributed by atoms with Crippen molar-refractivity contribution in [2.45, 2.75) is 26.9 Å². The first kappa shape index (κ1) is 21.2. The Morgan fingerprint density at radius 2 is 1.67 bits per heavy atom. The van der Waals surface area contributed by atoms with E-state index in [9.17, 15) is 14.7 Å². The molecule has 0 aliphatic carbocycles. The van der Waals surface area contributed by atoms with Crippen molar-refractivity contribution in [3.63, 3.8) is 0 Å². The number of hydrogen-bond acceptors (Lipinski definition) is 6. The summed E-state index contributed by atoms with van der Waals surface area (Å²) >= 11 is 0. The van der Waals surface area contributed by atoms with E-state index in [4.69, 9.17) is 15.2 Å². The van der Waals surface area contributed by atoms with Gasteiger partial charge >= 0.3 is 11.9 Å². The normalized spacial score (nSPS) is 10.8. The van der Waals surface area contributed by atoms with Gasteiger partial charge in [-0.15, -0.1) is 0 Å². The maximum Gasteiger partial charge on any atom is 0.356 e. The molecule has 0 unspecified atom stereocenters. The first-order valence-electron chi connectivity index (χ1n) is 9.73. The SMILES string of the molecule is CCOC(=O)c1c(-n2cccc2CN)c(O)n(Cc2ccccc2)c1C(=O)OCC. The number of aromatic hydroxyl groups is 1. The van der Waals surface area contributed by atoms with Crippen LogP contribution in [0.4, 0.5) is 0 Å². The van der Waals surface area contributed by atoms with E-state index in [1.54, 1.807) is 36.7 Å². The molecule has 3 aromatic rings. The average Bonchev–Trinajstić information content (AvgIpc) is 3.31. The molecule has 0 fully saturated rings. The molecule has 30 heavy (non-hydrogen) atoms. The second kappa shape index (κ2) is 9.32. The highest BCUT2D eigenvalue weighted by Crippen LogP contribution is 2.35. The van der Waals surface area contributed by atoms with E-state index in [0.717, 1.165) is 5.56 Å². The molecule has 2 heterocycles. The summed E-state index contributed by atoms with van der Waals surface area (Å²) in [5, 5.41) is 11.2. The van der Waals surface area contributed by atoms with Crippen molar-refractivity contribution in [1.82, 2.24) is 9.13 Å². The monoisotopic (exact) mass is 411 g/mol. The summed E-state index contributed by atoms with van der Waals surface area (Å²) in [5.41, 5.74) is 7.33. The fourth-order valence-corrected chi connectivity index (χ4v) is 3.35. The predicted molar refractivity (Wildman–Crippen MR) is 111 cm³/mol. The van der Waals surface area contributed by atoms with Gasteiger partial charge in [-0.25, -0.2) is 9.59 Å². The Morgan fingerprint density at radius 1 is 1.00 bits per heavy atom. The molecule has 8 nitrogen and oxygen atoms in total. The Bertz CT molecular complexity index is 1040. The smallest absolute Gasteiger partial charge is 0.356 e. The molecule has 0 saturated heterocycles. The van der Waals surface area contributed by atoms with Gasteiger partial charge in [0.15, 0.2) is 0 Å². The molecular weight excluding hydrogens is 386 g/mol. The zero-order valence-corrected chi connectivity index (χ0v) is 17.0. The maximum absolute atomic E-state index is 12.9. The van der Waals surface area contributed by atoms with Gasteiger partial charge in [0, 0.05) is 18.4 Å². The van der Waals surface area contributed by atoms with Crippen LogP contribution in [-0.4, -0.2) is 39.4 Å². The van der Waals surface area contributed by atoms with Crippen molar-refractivity contribution in [2.24, 2.45) is 5.73 Å². The number of benzene rings is 1. The average molecular weight is 411 g/mol. The molecule has 0 atom stereocenters. The number of nitrogens with two attached hydrogens (primary N) is 1. The maximum atomic E-state index is 12.9. The zero-order chi connectivity index (χ0) is 21.7. The van der Waals surface area contributed by atoms with E-state index in [2.05, 4.69) is 0 Å². The van der Waals surface area contributed by atoms with Crippen molar-refractivity contribution >= 4 is 11.9 Å². The minimum atomic E-state index is -0.727. The van der Waals surface area contributed by atoms with Crippen molar-refractivity contribution in [1.29, 1.82) is 0 Å². The van der Waals surface area contributed by atoms with Crippen LogP contribution in [0.25, 0.3) is 5.69 Å². The molecule has 158 valence electrons. The van der Waals surface area contributed by atoms with E-state index >= 15 is 0 Å². The highest BCUT2D eigenvalue weighted by atomic mass is 16.5. The van der Waals surface area contributed by atoms with Crippen LogP contribution in [0.5, 0.6) is 5.88 Å². The van der Waals surface area contributed by atoms with Crippen molar-refractivity contribution in [3.05, 3.63) is 71.2 Å². The van der Waals surface area contributed by atoms with E-state index in [-0.39, 0.29) is 49.1 Å². The summed E-state index contributed by atoms with van der Waals surface area (Å²) < 4.78 is 13.4. The number of esters is 2. The van der Waals surface area contributed by atoms with Crippen molar-refractivity contribution in [2.75, 3.05) is 13.2 Å². The lowest BCUT2D eigenvalue weighted by atomic mass is 10.2. The van der Waals surface area contributed by atoms with Crippen LogP contribution in [0, 0.1) is 0 Å². The minimum Gasteiger partial charge on any atom is -0.493 e. The Balaban J connectivity index is 2.31. The molecule has 0 bridgehead atoms. The lowest BCUT2D eigenvalue weighted by Gasteiger charge is -2.11. The van der Waals surface area contributed by atoms with Gasteiger partial charge in [0.2, 0.25) is 5.88 Å². The summed E-state index contributed by atoms with van der Waals surface area (Å²) in [6.45, 7) is 3.90. The predicted octanol–water partition coefficient (Wildman–Crippen LogP) is 2.84. The van der Waals surface area contributed by atoms with Gasteiger partial charge in [0.25, 0.3) is 0 Å². The number of carbonyl (C=O) groups is 2. The van der Waals surface area contributed by atoms with Crippen LogP contribution < -0.4 is 5.73 Å². The summed E-state index contributed by atoms with van der Waals surface area (Å²) in [6, 6.07) is 12.8. The Labute approximate surface area is 174 Å². The quantitative estimate of drug-likeness (QED) is 0.552. The number of aromatic nitrogens is 2. The van der Waals surface area contributed by atoms with E-state index in [1.165, 1.54) is 4.57 Å². The lowest BCUT2D eigenvalue weighted by Crippen LogP contribution is -2.18. The number of rotatable bonds is 8. The third-order valence-corrected chi connectivity index (χ3v) is 4.63. The first-order valence-corrected chi connectivity index (χ1v) is 9.73. The Morgan fingerprint density at radius 3 is 2.30 bits per heavy atom. The van der Waals surface area contributed by atoms with E-state index in [0.29, 0.717) is 5.69 Å². The molecule has 3 rings (SSSR count). The fraction of sp³-hybridized carbons (Fsp3) is 0.273. The molecule has 8 heteroatoms. The number of ether oxygens (including phenoxy) is 2. The molecule has 0 aliphatic rings. The molecule has 0 spiro atoms. The second-order valence-electron chi connectivity index (χ2n) is 6.48. The topological polar surface area (TPSA) is 109 Å². The molecular formula is C22H25N3O5. The van der Waals surface area contributed by atoms with Crippen LogP contribution in [0.1, 0.15) is 46.0 Å². The first-order chi connectivity index (χ1) is 14.5. The van der Waals surface area contributed by atoms with Gasteiger partial charge in [0.05, 0.1) is 19.8 Å². The fourth-order valence-electron chi connectivity index (χ4n) is 3.35. The van der Waals surface area contributed by atoms with E-state index < -0.39 is 11.9 Å². The van der Waals surface area contributed by atoms with Gasteiger partial charge in [0.1, 0.15) is 16.9 Å². The van der Waals surface area contributed by atoms with Gasteiger partial charge in [-0.1, -0.05) is 30.3 Å². The molecule has 1 aromatic carbocycles. The lowest BCUT2D eigenvalue weighted by molar-refractivity contribution is 0.0470. The van der Waals surface area contributed by atoms with Crippen molar-refractivity contribution in [3.8, 4) is 11.6 Å². The van der Waals surface area contributed by atoms with Crippen molar-refractivity contribution < 1.29 is 24.2 Å². The molecule has 0 amide bonds. The standard InChI is InChI=1S/C22H25N3O5/c1-3-29-21(27)17-18(24-12-8-11-16(24)13-23)20(26)25(19(17)22(28)30-4-2)14-15-9-6-5-7-10-15/h5-12,26H,3-4,13-14,23H2,1-2H3. The highest BCUT2D eigenvalue weighted by molar-refractivity contribution is 6.06. The molecule has 3 N–H and O–H groups in total. The molecule has 0 radical (unpaired) electrons. The van der Waals surface area contributed by atoms with Crippen LogP contribution in [0.15, 0.2) is 48.7 Å². The van der Waals surface area contributed by atoms with Gasteiger partial charge in [-0.3, -0.25) is 4.57 Å². The van der Waals surface area contributed by atoms with Crippen LogP contribution in [0.3, 0.4) is 0 Å². The third-order valence-electron chi connectivity index (χ3n) is 4.63.